The van der Waals surface area contributed by atoms with Crippen LogP contribution in [0.15, 0.2) is 122 Å². The van der Waals surface area contributed by atoms with Gasteiger partial charge >= 0.3 is 6.18 Å². The molecule has 5 rings (SSSR count). The zero-order valence-electron chi connectivity index (χ0n) is 27.6. The summed E-state index contributed by atoms with van der Waals surface area (Å²) in [5.74, 6) is -2.01. The number of benzene rings is 4. The Kier molecular flexibility index (Phi) is 11.4. The molecule has 264 valence electrons. The quantitative estimate of drug-likeness (QED) is 0.0884. The molecule has 0 saturated heterocycles. The van der Waals surface area contributed by atoms with Crippen LogP contribution in [0.4, 0.5) is 41.9 Å². The summed E-state index contributed by atoms with van der Waals surface area (Å²) in [6, 6.07) is 23.8. The number of rotatable bonds is 12. The molecule has 0 saturated carbocycles. The van der Waals surface area contributed by atoms with E-state index in [-0.39, 0.29) is 34.9 Å². The van der Waals surface area contributed by atoms with E-state index < -0.39 is 41.4 Å². The lowest BCUT2D eigenvalue weighted by molar-refractivity contribution is -0.137. The smallest absolute Gasteiger partial charge is 0.340 e. The third-order valence-corrected chi connectivity index (χ3v) is 7.59. The first-order valence-electron chi connectivity index (χ1n) is 15.8. The standard InChI is InChI=1S/C38H32F3N7O4/c1-3-33(49)48-32(17-24-9-5-4-6-10-24)36(52)45-27-13-8-14-28(19-27)47-37-42-21-30(22-43-37)46-35(51)31-20-29(16-15-23(31)2)44-34(50)25-11-7-12-26(18-25)38(39,40)41/h3-16,18-22,32H,1,17H2,2H3,(H,44,50)(H,45,52)(H,46,51)(H,48,49)(H,42,43,47)/t32-/m0/s1. The van der Waals surface area contributed by atoms with Gasteiger partial charge in [-0.15, -0.1) is 0 Å². The third-order valence-electron chi connectivity index (χ3n) is 7.59. The van der Waals surface area contributed by atoms with Gasteiger partial charge in [-0.3, -0.25) is 19.2 Å². The number of nitrogens with one attached hydrogen (secondary N) is 5. The number of hydrogen-bond acceptors (Lipinski definition) is 7. The third kappa shape index (κ3) is 9.88. The van der Waals surface area contributed by atoms with Crippen molar-refractivity contribution in [1.29, 1.82) is 0 Å². The first-order chi connectivity index (χ1) is 24.9. The molecule has 1 heterocycles. The molecule has 0 unspecified atom stereocenters. The van der Waals surface area contributed by atoms with Crippen LogP contribution in [0.5, 0.6) is 0 Å². The van der Waals surface area contributed by atoms with Crippen molar-refractivity contribution in [2.45, 2.75) is 25.6 Å². The van der Waals surface area contributed by atoms with Crippen molar-refractivity contribution in [3.05, 3.63) is 150 Å². The zero-order valence-corrected chi connectivity index (χ0v) is 27.6. The van der Waals surface area contributed by atoms with Crippen molar-refractivity contribution in [2.24, 2.45) is 0 Å². The summed E-state index contributed by atoms with van der Waals surface area (Å²) in [6.45, 7) is 5.15. The number of amides is 4. The summed E-state index contributed by atoms with van der Waals surface area (Å²) in [5, 5.41) is 13.7. The van der Waals surface area contributed by atoms with E-state index in [4.69, 9.17) is 0 Å². The fourth-order valence-electron chi connectivity index (χ4n) is 4.96. The lowest BCUT2D eigenvalue weighted by Gasteiger charge is -2.18. The van der Waals surface area contributed by atoms with E-state index in [1.54, 1.807) is 37.3 Å². The average molecular weight is 708 g/mol. The summed E-state index contributed by atoms with van der Waals surface area (Å²) in [5.41, 5.74) is 1.98. The number of nitrogens with zero attached hydrogens (tertiary/aromatic N) is 2. The second kappa shape index (κ2) is 16.3. The van der Waals surface area contributed by atoms with Gasteiger partial charge in [-0.25, -0.2) is 9.97 Å². The second-order valence-corrected chi connectivity index (χ2v) is 11.5. The first-order valence-corrected chi connectivity index (χ1v) is 15.8. The largest absolute Gasteiger partial charge is 0.416 e. The first kappa shape index (κ1) is 36.5. The summed E-state index contributed by atoms with van der Waals surface area (Å²) in [7, 11) is 0. The van der Waals surface area contributed by atoms with Crippen LogP contribution in [0.2, 0.25) is 0 Å². The van der Waals surface area contributed by atoms with E-state index >= 15 is 0 Å². The Hall–Kier alpha value is -6.83. The van der Waals surface area contributed by atoms with Crippen LogP contribution in [0.25, 0.3) is 0 Å². The number of carbonyl (C=O) groups excluding carboxylic acids is 4. The lowest BCUT2D eigenvalue weighted by atomic mass is 10.0. The molecule has 5 N–H and O–H groups in total. The molecular weight excluding hydrogens is 675 g/mol. The molecule has 0 aliphatic carbocycles. The van der Waals surface area contributed by atoms with Gasteiger partial charge in [-0.05, 0) is 72.7 Å². The van der Waals surface area contributed by atoms with Crippen molar-refractivity contribution < 1.29 is 32.3 Å². The van der Waals surface area contributed by atoms with Gasteiger partial charge in [0.2, 0.25) is 17.8 Å². The minimum absolute atomic E-state index is 0.189. The summed E-state index contributed by atoms with van der Waals surface area (Å²) < 4.78 is 39.3. The number of carbonyl (C=O) groups is 4. The predicted octanol–water partition coefficient (Wildman–Crippen LogP) is 6.90. The van der Waals surface area contributed by atoms with Gasteiger partial charge in [0.15, 0.2) is 0 Å². The van der Waals surface area contributed by atoms with Crippen molar-refractivity contribution in [3.63, 3.8) is 0 Å². The summed E-state index contributed by atoms with van der Waals surface area (Å²) in [6.07, 6.45) is -0.475. The van der Waals surface area contributed by atoms with Crippen LogP contribution in [-0.2, 0) is 22.2 Å². The molecule has 1 aromatic heterocycles. The lowest BCUT2D eigenvalue weighted by Crippen LogP contribution is -2.44. The molecule has 0 aliphatic rings. The Morgan fingerprint density at radius 1 is 0.750 bits per heavy atom. The van der Waals surface area contributed by atoms with Crippen LogP contribution in [0.3, 0.4) is 0 Å². The topological polar surface area (TPSA) is 154 Å². The highest BCUT2D eigenvalue weighted by Crippen LogP contribution is 2.30. The van der Waals surface area contributed by atoms with Gasteiger partial charge in [0.05, 0.1) is 23.6 Å². The van der Waals surface area contributed by atoms with Crippen LogP contribution < -0.4 is 26.6 Å². The maximum atomic E-state index is 13.2. The van der Waals surface area contributed by atoms with Crippen LogP contribution in [0.1, 0.15) is 37.4 Å². The SMILES string of the molecule is C=CC(=O)N[C@@H](Cc1ccccc1)C(=O)Nc1cccc(Nc2ncc(NC(=O)c3cc(NC(=O)c4cccc(C(F)(F)F)c4)ccc3C)cn2)c1. The highest BCUT2D eigenvalue weighted by atomic mass is 19.4. The highest BCUT2D eigenvalue weighted by molar-refractivity contribution is 6.08. The fourth-order valence-corrected chi connectivity index (χ4v) is 4.96. The Morgan fingerprint density at radius 2 is 1.42 bits per heavy atom. The minimum Gasteiger partial charge on any atom is -0.340 e. The Bertz CT molecular complexity index is 2110. The fraction of sp³-hybridized carbons (Fsp3) is 0.105. The Labute approximate surface area is 296 Å². The molecule has 0 spiro atoms. The minimum atomic E-state index is -4.60. The predicted molar refractivity (Wildman–Crippen MR) is 191 cm³/mol. The van der Waals surface area contributed by atoms with Crippen molar-refractivity contribution >= 4 is 52.3 Å². The maximum absolute atomic E-state index is 13.2. The van der Waals surface area contributed by atoms with Gasteiger partial charge in [0.25, 0.3) is 11.8 Å². The maximum Gasteiger partial charge on any atom is 0.416 e. The molecular formula is C38H32F3N7O4. The summed E-state index contributed by atoms with van der Waals surface area (Å²) in [4.78, 5) is 59.5. The van der Waals surface area contributed by atoms with Gasteiger partial charge in [0.1, 0.15) is 6.04 Å². The molecule has 1 atom stereocenters. The van der Waals surface area contributed by atoms with E-state index in [0.717, 1.165) is 29.8 Å². The molecule has 4 amide bonds. The van der Waals surface area contributed by atoms with Crippen molar-refractivity contribution in [1.82, 2.24) is 15.3 Å². The molecule has 0 fully saturated rings. The molecule has 14 heteroatoms. The zero-order chi connectivity index (χ0) is 37.3. The Morgan fingerprint density at radius 3 is 2.13 bits per heavy atom. The van der Waals surface area contributed by atoms with E-state index in [1.165, 1.54) is 30.6 Å². The number of halogens is 3. The van der Waals surface area contributed by atoms with E-state index in [9.17, 15) is 32.3 Å². The number of aromatic nitrogens is 2. The van der Waals surface area contributed by atoms with Gasteiger partial charge < -0.3 is 26.6 Å². The van der Waals surface area contributed by atoms with Crippen LogP contribution >= 0.6 is 0 Å². The van der Waals surface area contributed by atoms with Crippen molar-refractivity contribution in [3.8, 4) is 0 Å². The Balaban J connectivity index is 1.20. The normalized spacial score (nSPS) is 11.5. The number of alkyl halides is 3. The number of anilines is 5. The average Bonchev–Trinajstić information content (AvgIpc) is 3.13. The molecule has 0 aliphatic heterocycles. The van der Waals surface area contributed by atoms with E-state index in [0.29, 0.717) is 16.9 Å². The van der Waals surface area contributed by atoms with Crippen LogP contribution in [-0.4, -0.2) is 39.6 Å². The van der Waals surface area contributed by atoms with Gasteiger partial charge in [-0.2, -0.15) is 13.2 Å². The van der Waals surface area contributed by atoms with Crippen LogP contribution in [0, 0.1) is 6.92 Å². The monoisotopic (exact) mass is 707 g/mol. The van der Waals surface area contributed by atoms with Crippen molar-refractivity contribution in [2.75, 3.05) is 21.3 Å². The molecule has 4 aromatic carbocycles. The highest BCUT2D eigenvalue weighted by Gasteiger charge is 2.31. The van der Waals surface area contributed by atoms with Gasteiger partial charge in [-0.1, -0.05) is 55.1 Å². The van der Waals surface area contributed by atoms with E-state index in [2.05, 4.69) is 43.1 Å². The van der Waals surface area contributed by atoms with Gasteiger partial charge in [0, 0.05) is 34.6 Å². The molecule has 0 bridgehead atoms. The molecule has 5 aromatic rings. The molecule has 0 radical (unpaired) electrons. The summed E-state index contributed by atoms with van der Waals surface area (Å²) >= 11 is 0. The van der Waals surface area contributed by atoms with E-state index in [1.807, 2.05) is 30.3 Å². The molecule has 52 heavy (non-hydrogen) atoms. The number of aryl methyl sites for hydroxylation is 1. The second-order valence-electron chi connectivity index (χ2n) is 11.5. The molecule has 11 nitrogen and oxygen atoms in total. The number of hydrogen-bond donors (Lipinski definition) is 5.